The lowest BCUT2D eigenvalue weighted by molar-refractivity contribution is 0.399. The molecule has 19 heavy (non-hydrogen) atoms. The van der Waals surface area contributed by atoms with Crippen molar-refractivity contribution in [1.29, 1.82) is 5.26 Å². The van der Waals surface area contributed by atoms with Crippen LogP contribution in [-0.2, 0) is 10.0 Å². The molecule has 1 rings (SSSR count). The summed E-state index contributed by atoms with van der Waals surface area (Å²) < 4.78 is 26.9. The van der Waals surface area contributed by atoms with Crippen molar-refractivity contribution in [2.24, 2.45) is 5.92 Å². The van der Waals surface area contributed by atoms with Crippen LogP contribution < -0.4 is 0 Å². The van der Waals surface area contributed by atoms with Crippen molar-refractivity contribution >= 4 is 26.0 Å². The van der Waals surface area contributed by atoms with Crippen LogP contribution in [0.2, 0.25) is 0 Å². The average molecular weight is 345 g/mol. The first-order chi connectivity index (χ1) is 8.82. The molecule has 0 fully saturated rings. The standard InChI is InChI=1S/C13H17BrN2O2S/c1-4-16(9-11(3)8-15)19(17,18)13-6-5-10(2)7-12(13)14/h5-7,11H,4,9H2,1-3H3/t11-/m1/s1. The summed E-state index contributed by atoms with van der Waals surface area (Å²) in [5, 5.41) is 8.83. The normalized spacial score (nSPS) is 13.3. The monoisotopic (exact) mass is 344 g/mol. The van der Waals surface area contributed by atoms with Crippen molar-refractivity contribution in [3.63, 3.8) is 0 Å². The molecule has 0 bridgehead atoms. The van der Waals surface area contributed by atoms with Crippen molar-refractivity contribution < 1.29 is 8.42 Å². The van der Waals surface area contributed by atoms with E-state index >= 15 is 0 Å². The van der Waals surface area contributed by atoms with Crippen LogP contribution in [0.4, 0.5) is 0 Å². The maximum Gasteiger partial charge on any atom is 0.244 e. The van der Waals surface area contributed by atoms with Gasteiger partial charge in [-0.15, -0.1) is 0 Å². The third-order valence-electron chi connectivity index (χ3n) is 2.76. The first kappa shape index (κ1) is 16.2. The van der Waals surface area contributed by atoms with Crippen LogP contribution in [0.1, 0.15) is 19.4 Å². The summed E-state index contributed by atoms with van der Waals surface area (Å²) in [4.78, 5) is 0.241. The van der Waals surface area contributed by atoms with Gasteiger partial charge >= 0.3 is 0 Å². The minimum atomic E-state index is -3.57. The second kappa shape index (κ2) is 6.51. The van der Waals surface area contributed by atoms with E-state index < -0.39 is 10.0 Å². The lowest BCUT2D eigenvalue weighted by Gasteiger charge is -2.22. The maximum atomic E-state index is 12.5. The molecule has 0 aliphatic heterocycles. The van der Waals surface area contributed by atoms with Gasteiger partial charge in [-0.3, -0.25) is 0 Å². The van der Waals surface area contributed by atoms with Crippen molar-refractivity contribution in [2.75, 3.05) is 13.1 Å². The second-order valence-corrected chi connectivity index (χ2v) is 7.18. The number of halogens is 1. The Morgan fingerprint density at radius 3 is 2.58 bits per heavy atom. The highest BCUT2D eigenvalue weighted by Crippen LogP contribution is 2.26. The third kappa shape index (κ3) is 3.78. The lowest BCUT2D eigenvalue weighted by Crippen LogP contribution is -2.34. The van der Waals surface area contributed by atoms with E-state index in [2.05, 4.69) is 22.0 Å². The SMILES string of the molecule is CCN(C[C@H](C)C#N)S(=O)(=O)c1ccc(C)cc1Br. The van der Waals surface area contributed by atoms with Gasteiger partial charge in [-0.1, -0.05) is 13.0 Å². The largest absolute Gasteiger partial charge is 0.244 e. The van der Waals surface area contributed by atoms with Gasteiger partial charge in [0, 0.05) is 17.6 Å². The molecule has 0 heterocycles. The second-order valence-electron chi connectivity index (χ2n) is 4.42. The van der Waals surface area contributed by atoms with Crippen molar-refractivity contribution in [2.45, 2.75) is 25.7 Å². The molecule has 0 saturated carbocycles. The minimum Gasteiger partial charge on any atom is -0.207 e. The summed E-state index contributed by atoms with van der Waals surface area (Å²) in [6.07, 6.45) is 0. The zero-order valence-corrected chi connectivity index (χ0v) is 13.6. The Morgan fingerprint density at radius 2 is 2.11 bits per heavy atom. The molecule has 0 N–H and O–H groups in total. The fourth-order valence-electron chi connectivity index (χ4n) is 1.70. The topological polar surface area (TPSA) is 61.2 Å². The molecule has 4 nitrogen and oxygen atoms in total. The van der Waals surface area contributed by atoms with Gasteiger partial charge in [0.25, 0.3) is 0 Å². The molecule has 1 aromatic rings. The Bertz CT molecular complexity index is 593. The maximum absolute atomic E-state index is 12.5. The summed E-state index contributed by atoms with van der Waals surface area (Å²) in [5.74, 6) is -0.334. The zero-order chi connectivity index (χ0) is 14.6. The number of hydrogen-bond donors (Lipinski definition) is 0. The highest BCUT2D eigenvalue weighted by atomic mass is 79.9. The first-order valence-electron chi connectivity index (χ1n) is 5.98. The van der Waals surface area contributed by atoms with E-state index in [0.717, 1.165) is 5.56 Å². The van der Waals surface area contributed by atoms with Crippen molar-refractivity contribution in [1.82, 2.24) is 4.31 Å². The molecule has 1 atom stereocenters. The van der Waals surface area contributed by atoms with E-state index in [1.807, 2.05) is 6.92 Å². The van der Waals surface area contributed by atoms with Gasteiger partial charge in [0.2, 0.25) is 10.0 Å². The molecule has 0 saturated heterocycles. The smallest absolute Gasteiger partial charge is 0.207 e. The number of hydrogen-bond acceptors (Lipinski definition) is 3. The van der Waals surface area contributed by atoms with E-state index in [4.69, 9.17) is 5.26 Å². The summed E-state index contributed by atoms with van der Waals surface area (Å²) in [5.41, 5.74) is 0.985. The fraction of sp³-hybridized carbons (Fsp3) is 0.462. The quantitative estimate of drug-likeness (QED) is 0.824. The molecule has 0 amide bonds. The van der Waals surface area contributed by atoms with Crippen LogP contribution in [0.15, 0.2) is 27.6 Å². The van der Waals surface area contributed by atoms with Gasteiger partial charge in [0.05, 0.1) is 16.9 Å². The molecule has 0 radical (unpaired) electrons. The van der Waals surface area contributed by atoms with Gasteiger partial charge in [-0.25, -0.2) is 8.42 Å². The number of rotatable bonds is 5. The van der Waals surface area contributed by atoms with Gasteiger partial charge in [0.1, 0.15) is 0 Å². The van der Waals surface area contributed by atoms with Crippen LogP contribution in [0, 0.1) is 24.2 Å². The molecule has 1 aromatic carbocycles. The Hall–Kier alpha value is -0.900. The van der Waals surface area contributed by atoms with E-state index in [-0.39, 0.29) is 17.4 Å². The highest BCUT2D eigenvalue weighted by Gasteiger charge is 2.26. The molecule has 104 valence electrons. The molecule has 6 heteroatoms. The zero-order valence-electron chi connectivity index (χ0n) is 11.2. The number of benzene rings is 1. The summed E-state index contributed by atoms with van der Waals surface area (Å²) in [6, 6.07) is 7.19. The van der Waals surface area contributed by atoms with Crippen molar-refractivity contribution in [3.8, 4) is 6.07 Å². The van der Waals surface area contributed by atoms with Crippen LogP contribution in [0.5, 0.6) is 0 Å². The summed E-state index contributed by atoms with van der Waals surface area (Å²) in [6.45, 7) is 5.92. The molecular formula is C13H17BrN2O2S. The third-order valence-corrected chi connectivity index (χ3v) is 5.67. The predicted molar refractivity (Wildman–Crippen MR) is 78.1 cm³/mol. The lowest BCUT2D eigenvalue weighted by atomic mass is 10.2. The molecular weight excluding hydrogens is 328 g/mol. The van der Waals surface area contributed by atoms with E-state index in [0.29, 0.717) is 11.0 Å². The number of sulfonamides is 1. The van der Waals surface area contributed by atoms with Crippen LogP contribution in [0.25, 0.3) is 0 Å². The van der Waals surface area contributed by atoms with Crippen molar-refractivity contribution in [3.05, 3.63) is 28.2 Å². The average Bonchev–Trinajstić information content (AvgIpc) is 2.34. The van der Waals surface area contributed by atoms with E-state index in [1.54, 1.807) is 32.0 Å². The Kier molecular flexibility index (Phi) is 5.53. The van der Waals surface area contributed by atoms with E-state index in [1.165, 1.54) is 4.31 Å². The first-order valence-corrected chi connectivity index (χ1v) is 8.22. The molecule has 0 aliphatic rings. The minimum absolute atomic E-state index is 0.204. The molecule has 0 spiro atoms. The van der Waals surface area contributed by atoms with Gasteiger partial charge in [-0.05, 0) is 47.5 Å². The van der Waals surface area contributed by atoms with Gasteiger partial charge < -0.3 is 0 Å². The molecule has 0 aromatic heterocycles. The summed E-state index contributed by atoms with van der Waals surface area (Å²) in [7, 11) is -3.57. The fourth-order valence-corrected chi connectivity index (χ4v) is 4.39. The predicted octanol–water partition coefficient (Wildman–Crippen LogP) is 2.93. The number of aryl methyl sites for hydroxylation is 1. The Balaban J connectivity index is 3.18. The summed E-state index contributed by atoms with van der Waals surface area (Å²) >= 11 is 3.29. The highest BCUT2D eigenvalue weighted by molar-refractivity contribution is 9.10. The molecule has 0 aliphatic carbocycles. The van der Waals surface area contributed by atoms with Crippen LogP contribution in [-0.4, -0.2) is 25.8 Å². The molecule has 0 unspecified atom stereocenters. The Morgan fingerprint density at radius 1 is 1.47 bits per heavy atom. The Labute approximate surface area is 123 Å². The van der Waals surface area contributed by atoms with Crippen LogP contribution >= 0.6 is 15.9 Å². The van der Waals surface area contributed by atoms with Gasteiger partial charge in [-0.2, -0.15) is 9.57 Å². The van der Waals surface area contributed by atoms with Gasteiger partial charge in [0.15, 0.2) is 0 Å². The van der Waals surface area contributed by atoms with E-state index in [9.17, 15) is 8.42 Å². The van der Waals surface area contributed by atoms with Crippen LogP contribution in [0.3, 0.4) is 0 Å². The number of nitriles is 1. The number of nitrogens with zero attached hydrogens (tertiary/aromatic N) is 2.